The molecular formula is C29H47FO2. The molecule has 0 N–H and O–H groups in total. The molecule has 0 spiro atoms. The first-order chi connectivity index (χ1) is 15.0. The Morgan fingerprint density at radius 1 is 1.22 bits per heavy atom. The molecule has 0 aromatic rings. The van der Waals surface area contributed by atoms with Crippen molar-refractivity contribution in [3.05, 3.63) is 11.6 Å². The highest BCUT2D eigenvalue weighted by atomic mass is 19.1. The third kappa shape index (κ3) is 4.20. The zero-order chi connectivity index (χ0) is 23.3. The van der Waals surface area contributed by atoms with E-state index in [4.69, 9.17) is 4.74 Å². The molecule has 0 heterocycles. The summed E-state index contributed by atoms with van der Waals surface area (Å²) in [5.41, 5.74) is 0.987. The number of hydrogen-bond donors (Lipinski definition) is 0. The second kappa shape index (κ2) is 8.73. The highest BCUT2D eigenvalue weighted by Gasteiger charge is 2.61. The van der Waals surface area contributed by atoms with E-state index in [2.05, 4.69) is 26.8 Å². The monoisotopic (exact) mass is 446 g/mol. The first-order valence-corrected chi connectivity index (χ1v) is 13.5. The first-order valence-electron chi connectivity index (χ1n) is 13.5. The maximum atomic E-state index is 14.0. The van der Waals surface area contributed by atoms with E-state index in [-0.39, 0.29) is 17.5 Å². The van der Waals surface area contributed by atoms with Gasteiger partial charge in [-0.05, 0) is 107 Å². The van der Waals surface area contributed by atoms with Gasteiger partial charge in [-0.1, -0.05) is 45.3 Å². The van der Waals surface area contributed by atoms with Gasteiger partial charge in [0.25, 0.3) is 0 Å². The Labute approximate surface area is 196 Å². The van der Waals surface area contributed by atoms with Crippen molar-refractivity contribution in [3.63, 3.8) is 0 Å². The second-order valence-corrected chi connectivity index (χ2v) is 12.9. The summed E-state index contributed by atoms with van der Waals surface area (Å²) < 4.78 is 20.0. The fourth-order valence-electron chi connectivity index (χ4n) is 9.09. The number of halogens is 1. The molecule has 0 aromatic carbocycles. The van der Waals surface area contributed by atoms with Crippen LogP contribution in [0.1, 0.15) is 112 Å². The molecule has 3 heteroatoms. The van der Waals surface area contributed by atoms with Gasteiger partial charge in [0.05, 0.1) is 0 Å². The predicted octanol–water partition coefficient (Wildman–Crippen LogP) is 8.05. The summed E-state index contributed by atoms with van der Waals surface area (Å²) in [6, 6.07) is 0. The number of rotatable bonds is 6. The highest BCUT2D eigenvalue weighted by molar-refractivity contribution is 5.66. The lowest BCUT2D eigenvalue weighted by molar-refractivity contribution is -0.162. The van der Waals surface area contributed by atoms with Crippen LogP contribution in [0, 0.1) is 40.4 Å². The SMILES string of the molecule is CC(=O)O[C@H]1CCCC2=CC[C@H]3[C@@H]4CC[C@H]([C@H](C)CCCC(C)(C)F)[C@@]4(C)CC[C@@H]3[C@]21C. The molecular weight excluding hydrogens is 399 g/mol. The van der Waals surface area contributed by atoms with Gasteiger partial charge in [0, 0.05) is 12.3 Å². The standard InChI is InChI=1S/C29H47FO2/c1-19(9-8-17-27(3,4)30)23-14-15-24-22-13-12-21-10-7-11-26(32-20(2)31)29(21,6)25(22)16-18-28(23,24)5/h12,19,22-26H,7-11,13-18H2,1-6H3/t19-,22+,23-,24+,25+,26+,28-,29+/m1/s1. The number of esters is 1. The Balaban J connectivity index is 1.52. The summed E-state index contributed by atoms with van der Waals surface area (Å²) in [5, 5.41) is 0. The van der Waals surface area contributed by atoms with E-state index in [0.717, 1.165) is 43.4 Å². The van der Waals surface area contributed by atoms with E-state index in [0.29, 0.717) is 23.7 Å². The van der Waals surface area contributed by atoms with Crippen LogP contribution in [-0.2, 0) is 9.53 Å². The number of carbonyl (C=O) groups excluding carboxylic acids is 1. The van der Waals surface area contributed by atoms with E-state index >= 15 is 0 Å². The minimum Gasteiger partial charge on any atom is -0.462 e. The van der Waals surface area contributed by atoms with Crippen LogP contribution in [0.2, 0.25) is 0 Å². The average Bonchev–Trinajstić information content (AvgIpc) is 3.04. The number of carbonyl (C=O) groups is 1. The van der Waals surface area contributed by atoms with Crippen LogP contribution in [-0.4, -0.2) is 17.7 Å². The first kappa shape index (κ1) is 24.3. The molecule has 0 aromatic heterocycles. The molecule has 3 saturated carbocycles. The van der Waals surface area contributed by atoms with Gasteiger partial charge in [0.2, 0.25) is 0 Å². The Morgan fingerprint density at radius 2 is 1.97 bits per heavy atom. The van der Waals surface area contributed by atoms with Crippen LogP contribution in [0.25, 0.3) is 0 Å². The molecule has 0 radical (unpaired) electrons. The molecule has 32 heavy (non-hydrogen) atoms. The smallest absolute Gasteiger partial charge is 0.302 e. The van der Waals surface area contributed by atoms with Gasteiger partial charge >= 0.3 is 5.97 Å². The van der Waals surface area contributed by atoms with Crippen molar-refractivity contribution in [2.75, 3.05) is 0 Å². The third-order valence-corrected chi connectivity index (χ3v) is 10.6. The van der Waals surface area contributed by atoms with Gasteiger partial charge in [-0.2, -0.15) is 0 Å². The summed E-state index contributed by atoms with van der Waals surface area (Å²) >= 11 is 0. The van der Waals surface area contributed by atoms with Gasteiger partial charge < -0.3 is 4.74 Å². The molecule has 0 bridgehead atoms. The van der Waals surface area contributed by atoms with Crippen LogP contribution < -0.4 is 0 Å². The molecule has 3 fully saturated rings. The fourth-order valence-corrected chi connectivity index (χ4v) is 9.09. The summed E-state index contributed by atoms with van der Waals surface area (Å²) in [4.78, 5) is 11.9. The number of alkyl halides is 1. The molecule has 182 valence electrons. The van der Waals surface area contributed by atoms with Gasteiger partial charge in [-0.25, -0.2) is 4.39 Å². The molecule has 2 nitrogen and oxygen atoms in total. The molecule has 8 atom stereocenters. The lowest BCUT2D eigenvalue weighted by atomic mass is 9.46. The summed E-state index contributed by atoms with van der Waals surface area (Å²) in [5.74, 6) is 3.47. The topological polar surface area (TPSA) is 26.3 Å². The molecule has 0 saturated heterocycles. The maximum Gasteiger partial charge on any atom is 0.302 e. The molecule has 0 aliphatic heterocycles. The number of fused-ring (bicyclic) bond motifs is 5. The molecule has 0 amide bonds. The Hall–Kier alpha value is -0.860. The quantitative estimate of drug-likeness (QED) is 0.305. The molecule has 4 aliphatic rings. The number of allylic oxidation sites excluding steroid dienone is 1. The van der Waals surface area contributed by atoms with E-state index < -0.39 is 5.67 Å². The average molecular weight is 447 g/mol. The lowest BCUT2D eigenvalue weighted by Gasteiger charge is -2.59. The zero-order valence-corrected chi connectivity index (χ0v) is 21.5. The Morgan fingerprint density at radius 3 is 2.66 bits per heavy atom. The van der Waals surface area contributed by atoms with Crippen molar-refractivity contribution in [3.8, 4) is 0 Å². The van der Waals surface area contributed by atoms with Gasteiger partial charge in [-0.3, -0.25) is 4.79 Å². The highest BCUT2D eigenvalue weighted by Crippen LogP contribution is 2.67. The zero-order valence-electron chi connectivity index (χ0n) is 21.5. The largest absolute Gasteiger partial charge is 0.462 e. The minimum atomic E-state index is -1.04. The molecule has 0 unspecified atom stereocenters. The minimum absolute atomic E-state index is 0.0323. The second-order valence-electron chi connectivity index (χ2n) is 12.9. The van der Waals surface area contributed by atoms with Crippen LogP contribution in [0.3, 0.4) is 0 Å². The van der Waals surface area contributed by atoms with Gasteiger partial charge in [0.15, 0.2) is 0 Å². The van der Waals surface area contributed by atoms with Crippen molar-refractivity contribution < 1.29 is 13.9 Å². The summed E-state index contributed by atoms with van der Waals surface area (Å²) in [7, 11) is 0. The van der Waals surface area contributed by atoms with Crippen LogP contribution in [0.5, 0.6) is 0 Å². The van der Waals surface area contributed by atoms with Crippen LogP contribution in [0.4, 0.5) is 4.39 Å². The molecule has 4 rings (SSSR count). The van der Waals surface area contributed by atoms with Crippen molar-refractivity contribution in [1.82, 2.24) is 0 Å². The Kier molecular flexibility index (Phi) is 6.62. The lowest BCUT2D eigenvalue weighted by Crippen LogP contribution is -2.55. The van der Waals surface area contributed by atoms with Crippen LogP contribution >= 0.6 is 0 Å². The van der Waals surface area contributed by atoms with Crippen molar-refractivity contribution >= 4 is 5.97 Å². The third-order valence-electron chi connectivity index (χ3n) is 10.6. The van der Waals surface area contributed by atoms with Crippen molar-refractivity contribution in [2.24, 2.45) is 40.4 Å². The van der Waals surface area contributed by atoms with Gasteiger partial charge in [0.1, 0.15) is 11.8 Å². The van der Waals surface area contributed by atoms with E-state index in [1.54, 1.807) is 26.3 Å². The van der Waals surface area contributed by atoms with E-state index in [1.165, 1.54) is 38.5 Å². The van der Waals surface area contributed by atoms with Crippen LogP contribution in [0.15, 0.2) is 11.6 Å². The number of hydrogen-bond acceptors (Lipinski definition) is 2. The predicted molar refractivity (Wildman–Crippen MR) is 129 cm³/mol. The van der Waals surface area contributed by atoms with E-state index in [1.807, 2.05) is 0 Å². The fraction of sp³-hybridized carbons (Fsp3) is 0.897. The summed E-state index contributed by atoms with van der Waals surface area (Å²) in [6.45, 7) is 12.5. The van der Waals surface area contributed by atoms with Crippen molar-refractivity contribution in [2.45, 2.75) is 124 Å². The Bertz CT molecular complexity index is 736. The number of ether oxygens (including phenoxy) is 1. The normalized spacial score (nSPS) is 42.3. The summed E-state index contributed by atoms with van der Waals surface area (Å²) in [6.07, 6.45) is 15.3. The maximum absolute atomic E-state index is 14.0. The van der Waals surface area contributed by atoms with Crippen molar-refractivity contribution in [1.29, 1.82) is 0 Å². The van der Waals surface area contributed by atoms with Gasteiger partial charge in [-0.15, -0.1) is 0 Å². The van der Waals surface area contributed by atoms with E-state index in [9.17, 15) is 9.18 Å². The molecule has 4 aliphatic carbocycles.